The van der Waals surface area contributed by atoms with Crippen LogP contribution in [0.5, 0.6) is 0 Å². The van der Waals surface area contributed by atoms with Gasteiger partial charge in [0, 0.05) is 6.61 Å². The maximum atomic E-state index is 11.6. The van der Waals surface area contributed by atoms with E-state index in [1.165, 1.54) is 25.7 Å². The molecule has 1 amide bonds. The molecule has 1 saturated carbocycles. The molecule has 1 rings (SSSR count). The van der Waals surface area contributed by atoms with Crippen LogP contribution >= 0.6 is 0 Å². The summed E-state index contributed by atoms with van der Waals surface area (Å²) in [4.78, 5) is 11.6. The molecule has 0 spiro atoms. The van der Waals surface area contributed by atoms with Crippen molar-refractivity contribution in [3.05, 3.63) is 0 Å². The standard InChI is InChI=1S/C16H32N2O2/c1-4-10-18-16(3,15(17)19)9-11-20-14-8-6-7-13(5-2)12-14/h13-14,18H,4-12H2,1-3H3,(H2,17,19). The molecule has 0 aromatic carbocycles. The summed E-state index contributed by atoms with van der Waals surface area (Å²) in [5, 5.41) is 3.25. The zero-order valence-corrected chi connectivity index (χ0v) is 13.4. The van der Waals surface area contributed by atoms with Gasteiger partial charge in [0.25, 0.3) is 0 Å². The molecule has 0 heterocycles. The van der Waals surface area contributed by atoms with Crippen molar-refractivity contribution in [2.24, 2.45) is 11.7 Å². The summed E-state index contributed by atoms with van der Waals surface area (Å²) in [5.41, 5.74) is 4.87. The molecule has 3 atom stereocenters. The van der Waals surface area contributed by atoms with Gasteiger partial charge in [-0.3, -0.25) is 4.79 Å². The summed E-state index contributed by atoms with van der Waals surface area (Å²) in [7, 11) is 0. The molecule has 0 aromatic rings. The highest BCUT2D eigenvalue weighted by atomic mass is 16.5. The van der Waals surface area contributed by atoms with Gasteiger partial charge in [-0.05, 0) is 45.1 Å². The Morgan fingerprint density at radius 1 is 1.40 bits per heavy atom. The minimum Gasteiger partial charge on any atom is -0.378 e. The number of nitrogens with two attached hydrogens (primary N) is 1. The Morgan fingerprint density at radius 2 is 2.15 bits per heavy atom. The SMILES string of the molecule is CCCNC(C)(CCOC1CCCC(CC)C1)C(N)=O. The Labute approximate surface area is 123 Å². The number of rotatable bonds is 9. The summed E-state index contributed by atoms with van der Waals surface area (Å²) < 4.78 is 5.99. The molecular formula is C16H32N2O2. The van der Waals surface area contributed by atoms with Crippen molar-refractivity contribution in [3.63, 3.8) is 0 Å². The van der Waals surface area contributed by atoms with Crippen LogP contribution in [0.15, 0.2) is 0 Å². The minimum atomic E-state index is -0.644. The molecule has 4 nitrogen and oxygen atoms in total. The number of ether oxygens (including phenoxy) is 1. The smallest absolute Gasteiger partial charge is 0.237 e. The van der Waals surface area contributed by atoms with Crippen molar-refractivity contribution < 1.29 is 9.53 Å². The van der Waals surface area contributed by atoms with Crippen molar-refractivity contribution >= 4 is 5.91 Å². The van der Waals surface area contributed by atoms with Crippen molar-refractivity contribution in [2.75, 3.05) is 13.2 Å². The third-order valence-corrected chi connectivity index (χ3v) is 4.58. The molecular weight excluding hydrogens is 252 g/mol. The first kappa shape index (κ1) is 17.4. The van der Waals surface area contributed by atoms with E-state index in [2.05, 4.69) is 19.2 Å². The van der Waals surface area contributed by atoms with E-state index in [0.29, 0.717) is 19.1 Å². The first-order chi connectivity index (χ1) is 9.51. The molecule has 0 aromatic heterocycles. The molecule has 0 aliphatic heterocycles. The number of hydrogen-bond donors (Lipinski definition) is 2. The first-order valence-electron chi connectivity index (χ1n) is 8.18. The fourth-order valence-corrected chi connectivity index (χ4v) is 2.89. The molecule has 0 bridgehead atoms. The Hall–Kier alpha value is -0.610. The fraction of sp³-hybridized carbons (Fsp3) is 0.938. The predicted octanol–water partition coefficient (Wildman–Crippen LogP) is 2.61. The zero-order valence-electron chi connectivity index (χ0n) is 13.4. The Bertz CT molecular complexity index is 296. The van der Waals surface area contributed by atoms with E-state index >= 15 is 0 Å². The largest absolute Gasteiger partial charge is 0.378 e. The number of amides is 1. The highest BCUT2D eigenvalue weighted by Gasteiger charge is 2.30. The number of carbonyl (C=O) groups is 1. The summed E-state index contributed by atoms with van der Waals surface area (Å²) in [6.45, 7) is 7.63. The average Bonchev–Trinajstić information content (AvgIpc) is 2.45. The maximum Gasteiger partial charge on any atom is 0.237 e. The van der Waals surface area contributed by atoms with Crippen molar-refractivity contribution in [2.45, 2.75) is 77.4 Å². The van der Waals surface area contributed by atoms with E-state index in [4.69, 9.17) is 10.5 Å². The van der Waals surface area contributed by atoms with E-state index in [1.807, 2.05) is 6.92 Å². The van der Waals surface area contributed by atoms with Gasteiger partial charge < -0.3 is 15.8 Å². The molecule has 1 aliphatic rings. The molecule has 1 fully saturated rings. The number of hydrogen-bond acceptors (Lipinski definition) is 3. The predicted molar refractivity (Wildman–Crippen MR) is 82.5 cm³/mol. The van der Waals surface area contributed by atoms with Crippen LogP contribution in [0.4, 0.5) is 0 Å². The minimum absolute atomic E-state index is 0.287. The van der Waals surface area contributed by atoms with E-state index in [1.54, 1.807) is 0 Å². The van der Waals surface area contributed by atoms with Crippen LogP contribution in [0.2, 0.25) is 0 Å². The Kier molecular flexibility index (Phi) is 7.52. The molecule has 3 unspecified atom stereocenters. The van der Waals surface area contributed by atoms with Gasteiger partial charge in [0.2, 0.25) is 5.91 Å². The molecule has 20 heavy (non-hydrogen) atoms. The third-order valence-electron chi connectivity index (χ3n) is 4.58. The van der Waals surface area contributed by atoms with E-state index in [9.17, 15) is 4.79 Å². The highest BCUT2D eigenvalue weighted by Crippen LogP contribution is 2.28. The average molecular weight is 284 g/mol. The topological polar surface area (TPSA) is 64.3 Å². The van der Waals surface area contributed by atoms with Crippen molar-refractivity contribution in [3.8, 4) is 0 Å². The lowest BCUT2D eigenvalue weighted by atomic mass is 9.85. The van der Waals surface area contributed by atoms with Gasteiger partial charge in [-0.1, -0.05) is 33.1 Å². The van der Waals surface area contributed by atoms with Crippen molar-refractivity contribution in [1.29, 1.82) is 0 Å². The summed E-state index contributed by atoms with van der Waals surface area (Å²) in [5.74, 6) is 0.527. The second-order valence-corrected chi connectivity index (χ2v) is 6.31. The van der Waals surface area contributed by atoms with Crippen LogP contribution in [0.3, 0.4) is 0 Å². The molecule has 0 saturated heterocycles. The lowest BCUT2D eigenvalue weighted by molar-refractivity contribution is -0.125. The molecule has 0 radical (unpaired) electrons. The van der Waals surface area contributed by atoms with Gasteiger partial charge >= 0.3 is 0 Å². The van der Waals surface area contributed by atoms with Crippen molar-refractivity contribution in [1.82, 2.24) is 5.32 Å². The summed E-state index contributed by atoms with van der Waals surface area (Å²) in [6, 6.07) is 0. The monoisotopic (exact) mass is 284 g/mol. The molecule has 3 N–H and O–H groups in total. The van der Waals surface area contributed by atoms with E-state index in [0.717, 1.165) is 25.3 Å². The normalized spacial score (nSPS) is 26.1. The van der Waals surface area contributed by atoms with E-state index in [-0.39, 0.29) is 5.91 Å². The number of primary amides is 1. The Morgan fingerprint density at radius 3 is 2.75 bits per heavy atom. The number of carbonyl (C=O) groups excluding carboxylic acids is 1. The van der Waals surface area contributed by atoms with Crippen LogP contribution in [0, 0.1) is 5.92 Å². The van der Waals surface area contributed by atoms with Crippen LogP contribution in [-0.2, 0) is 9.53 Å². The summed E-state index contributed by atoms with van der Waals surface area (Å²) >= 11 is 0. The van der Waals surface area contributed by atoms with Gasteiger partial charge in [-0.2, -0.15) is 0 Å². The lowest BCUT2D eigenvalue weighted by Crippen LogP contribution is -2.54. The lowest BCUT2D eigenvalue weighted by Gasteiger charge is -2.31. The van der Waals surface area contributed by atoms with Crippen LogP contribution in [0.1, 0.15) is 65.7 Å². The highest BCUT2D eigenvalue weighted by molar-refractivity contribution is 5.84. The van der Waals surface area contributed by atoms with Crippen LogP contribution in [-0.4, -0.2) is 30.7 Å². The maximum absolute atomic E-state index is 11.6. The second-order valence-electron chi connectivity index (χ2n) is 6.31. The van der Waals surface area contributed by atoms with Gasteiger partial charge in [-0.15, -0.1) is 0 Å². The van der Waals surface area contributed by atoms with Gasteiger partial charge in [0.05, 0.1) is 11.6 Å². The quantitative estimate of drug-likeness (QED) is 0.684. The number of nitrogens with one attached hydrogen (secondary N) is 1. The zero-order chi connectivity index (χ0) is 15.0. The van der Waals surface area contributed by atoms with Gasteiger partial charge in [0.1, 0.15) is 0 Å². The molecule has 118 valence electrons. The van der Waals surface area contributed by atoms with Crippen LogP contribution in [0.25, 0.3) is 0 Å². The Balaban J connectivity index is 2.34. The first-order valence-corrected chi connectivity index (χ1v) is 8.18. The second kappa shape index (κ2) is 8.63. The molecule has 1 aliphatic carbocycles. The van der Waals surface area contributed by atoms with Gasteiger partial charge in [0.15, 0.2) is 0 Å². The van der Waals surface area contributed by atoms with E-state index < -0.39 is 5.54 Å². The van der Waals surface area contributed by atoms with Crippen LogP contribution < -0.4 is 11.1 Å². The molecule has 4 heteroatoms. The fourth-order valence-electron chi connectivity index (χ4n) is 2.89. The third kappa shape index (κ3) is 5.41. The summed E-state index contributed by atoms with van der Waals surface area (Å²) in [6.07, 6.45) is 8.20. The van der Waals surface area contributed by atoms with Gasteiger partial charge in [-0.25, -0.2) is 0 Å².